The Bertz CT molecular complexity index is 1230. The molecule has 2 aliphatic rings. The molecular weight excluding hydrogens is 412 g/mol. The molecule has 3 aromatic rings. The predicted molar refractivity (Wildman–Crippen MR) is 121 cm³/mol. The number of para-hydroxylation sites is 1. The predicted octanol–water partition coefficient (Wildman–Crippen LogP) is 4.81. The molecule has 6 heteroatoms. The van der Waals surface area contributed by atoms with Crippen LogP contribution in [-0.2, 0) is 16.0 Å². The van der Waals surface area contributed by atoms with Crippen LogP contribution < -0.4 is 5.32 Å². The van der Waals surface area contributed by atoms with Crippen LogP contribution in [0.3, 0.4) is 0 Å². The first-order valence-electron chi connectivity index (χ1n) is 10.4. The summed E-state index contributed by atoms with van der Waals surface area (Å²) in [6.07, 6.45) is 5.45. The second-order valence-electron chi connectivity index (χ2n) is 7.94. The summed E-state index contributed by atoms with van der Waals surface area (Å²) in [7, 11) is 0. The second-order valence-corrected chi connectivity index (χ2v) is 8.35. The van der Waals surface area contributed by atoms with Crippen molar-refractivity contribution in [1.82, 2.24) is 10.3 Å². The van der Waals surface area contributed by atoms with Crippen molar-refractivity contribution in [3.8, 4) is 0 Å². The summed E-state index contributed by atoms with van der Waals surface area (Å²) < 4.78 is 5.41. The van der Waals surface area contributed by atoms with Crippen molar-refractivity contribution in [2.45, 2.75) is 31.7 Å². The molecular formula is C25H21ClN2O3. The minimum absolute atomic E-state index is 0.231. The molecule has 0 spiro atoms. The van der Waals surface area contributed by atoms with Gasteiger partial charge in [-0.2, -0.15) is 0 Å². The Labute approximate surface area is 185 Å². The molecule has 2 aromatic carbocycles. The lowest BCUT2D eigenvalue weighted by atomic mass is 10.0. The SMILES string of the molecule is O=C(COC(=O)c1c2c(nc3ccccc13)/C(=C/c1ccccc1Cl)CC2)NC1CC1. The van der Waals surface area contributed by atoms with Gasteiger partial charge in [-0.15, -0.1) is 0 Å². The Morgan fingerprint density at radius 3 is 2.68 bits per heavy atom. The van der Waals surface area contributed by atoms with Crippen molar-refractivity contribution in [2.24, 2.45) is 0 Å². The van der Waals surface area contributed by atoms with Gasteiger partial charge in [0.25, 0.3) is 5.91 Å². The van der Waals surface area contributed by atoms with Crippen LogP contribution in [0.5, 0.6) is 0 Å². The number of benzene rings is 2. The van der Waals surface area contributed by atoms with E-state index < -0.39 is 5.97 Å². The van der Waals surface area contributed by atoms with E-state index in [9.17, 15) is 9.59 Å². The number of allylic oxidation sites excluding steroid dienone is 1. The molecule has 1 saturated carbocycles. The lowest BCUT2D eigenvalue weighted by Crippen LogP contribution is -2.30. The molecule has 5 rings (SSSR count). The van der Waals surface area contributed by atoms with Gasteiger partial charge in [0.1, 0.15) is 0 Å². The number of pyridine rings is 1. The molecule has 0 unspecified atom stereocenters. The van der Waals surface area contributed by atoms with Crippen LogP contribution in [0.25, 0.3) is 22.6 Å². The monoisotopic (exact) mass is 432 g/mol. The highest BCUT2D eigenvalue weighted by atomic mass is 35.5. The zero-order valence-electron chi connectivity index (χ0n) is 16.9. The van der Waals surface area contributed by atoms with Gasteiger partial charge >= 0.3 is 5.97 Å². The molecule has 0 atom stereocenters. The molecule has 0 radical (unpaired) electrons. The number of esters is 1. The molecule has 0 aliphatic heterocycles. The number of nitrogens with zero attached hydrogens (tertiary/aromatic N) is 1. The van der Waals surface area contributed by atoms with E-state index in [-0.39, 0.29) is 18.6 Å². The Kier molecular flexibility index (Phi) is 5.20. The maximum absolute atomic E-state index is 13.1. The fourth-order valence-electron chi connectivity index (χ4n) is 3.99. The molecule has 5 nitrogen and oxygen atoms in total. The highest BCUT2D eigenvalue weighted by molar-refractivity contribution is 6.32. The lowest BCUT2D eigenvalue weighted by molar-refractivity contribution is -0.124. The lowest BCUT2D eigenvalue weighted by Gasteiger charge is -2.12. The van der Waals surface area contributed by atoms with E-state index in [0.29, 0.717) is 17.0 Å². The third-order valence-electron chi connectivity index (χ3n) is 5.66. The normalized spacial score (nSPS) is 16.4. The van der Waals surface area contributed by atoms with Gasteiger partial charge in [-0.3, -0.25) is 4.79 Å². The Hall–Kier alpha value is -3.18. The number of carbonyl (C=O) groups is 2. The highest BCUT2D eigenvalue weighted by Crippen LogP contribution is 2.38. The summed E-state index contributed by atoms with van der Waals surface area (Å²) in [5, 5.41) is 4.25. The molecule has 156 valence electrons. The molecule has 2 aliphatic carbocycles. The number of hydrogen-bond acceptors (Lipinski definition) is 4. The maximum atomic E-state index is 13.1. The zero-order chi connectivity index (χ0) is 21.4. The van der Waals surface area contributed by atoms with Gasteiger partial charge in [-0.1, -0.05) is 48.0 Å². The fraction of sp³-hybridized carbons (Fsp3) is 0.240. The summed E-state index contributed by atoms with van der Waals surface area (Å²) in [4.78, 5) is 29.9. The van der Waals surface area contributed by atoms with E-state index in [1.165, 1.54) is 0 Å². The van der Waals surface area contributed by atoms with Crippen molar-refractivity contribution in [1.29, 1.82) is 0 Å². The minimum Gasteiger partial charge on any atom is -0.452 e. The first-order chi connectivity index (χ1) is 15.1. The number of carbonyl (C=O) groups excluding carboxylic acids is 2. The average Bonchev–Trinajstić information content (AvgIpc) is 3.51. The first-order valence-corrected chi connectivity index (χ1v) is 10.8. The van der Waals surface area contributed by atoms with E-state index in [0.717, 1.165) is 52.6 Å². The standard InChI is InChI=1S/C25H21ClN2O3/c26-20-7-3-1-5-15(20)13-16-9-12-19-23(18-6-2-4-8-21(18)28-24(16)19)25(30)31-14-22(29)27-17-10-11-17/h1-8,13,17H,9-12,14H2,(H,27,29)/b16-13+. The summed E-state index contributed by atoms with van der Waals surface area (Å²) in [5.74, 6) is -0.745. The average molecular weight is 433 g/mol. The number of nitrogens with one attached hydrogen (secondary N) is 1. The van der Waals surface area contributed by atoms with Gasteiger partial charge in [-0.25, -0.2) is 9.78 Å². The summed E-state index contributed by atoms with van der Waals surface area (Å²) >= 11 is 6.34. The number of ether oxygens (including phenoxy) is 1. The first kappa shape index (κ1) is 19.8. The maximum Gasteiger partial charge on any atom is 0.339 e. The van der Waals surface area contributed by atoms with Crippen LogP contribution in [0, 0.1) is 0 Å². The Morgan fingerprint density at radius 2 is 1.87 bits per heavy atom. The number of halogens is 1. The largest absolute Gasteiger partial charge is 0.452 e. The molecule has 1 N–H and O–H groups in total. The Balaban J connectivity index is 1.52. The number of rotatable bonds is 5. The van der Waals surface area contributed by atoms with Gasteiger partial charge in [-0.05, 0) is 60.6 Å². The summed E-state index contributed by atoms with van der Waals surface area (Å²) in [6.45, 7) is -0.275. The third kappa shape index (κ3) is 4.06. The molecule has 0 saturated heterocycles. The molecule has 0 bridgehead atoms. The highest BCUT2D eigenvalue weighted by Gasteiger charge is 2.29. The summed E-state index contributed by atoms with van der Waals surface area (Å²) in [6, 6.07) is 15.4. The van der Waals surface area contributed by atoms with Gasteiger partial charge in [0.2, 0.25) is 0 Å². The van der Waals surface area contributed by atoms with Gasteiger partial charge in [0.05, 0.1) is 16.8 Å². The summed E-state index contributed by atoms with van der Waals surface area (Å²) in [5.41, 5.74) is 4.85. The smallest absolute Gasteiger partial charge is 0.339 e. The number of hydrogen-bond donors (Lipinski definition) is 1. The van der Waals surface area contributed by atoms with Crippen LogP contribution >= 0.6 is 11.6 Å². The fourth-order valence-corrected chi connectivity index (χ4v) is 4.18. The van der Waals surface area contributed by atoms with Gasteiger partial charge in [0, 0.05) is 16.5 Å². The quantitative estimate of drug-likeness (QED) is 0.587. The van der Waals surface area contributed by atoms with Crippen molar-refractivity contribution in [3.63, 3.8) is 0 Å². The topological polar surface area (TPSA) is 68.3 Å². The number of fused-ring (bicyclic) bond motifs is 2. The van der Waals surface area contributed by atoms with Crippen molar-refractivity contribution >= 4 is 46.0 Å². The van der Waals surface area contributed by atoms with E-state index in [1.807, 2.05) is 54.6 Å². The third-order valence-corrected chi connectivity index (χ3v) is 6.00. The van der Waals surface area contributed by atoms with E-state index >= 15 is 0 Å². The molecule has 1 aromatic heterocycles. The molecule has 1 amide bonds. The van der Waals surface area contributed by atoms with Crippen LogP contribution in [0.2, 0.25) is 5.02 Å². The second kappa shape index (κ2) is 8.16. The van der Waals surface area contributed by atoms with E-state index in [4.69, 9.17) is 21.3 Å². The minimum atomic E-state index is -0.486. The molecule has 31 heavy (non-hydrogen) atoms. The van der Waals surface area contributed by atoms with Crippen molar-refractivity contribution < 1.29 is 14.3 Å². The van der Waals surface area contributed by atoms with Gasteiger partial charge < -0.3 is 10.1 Å². The van der Waals surface area contributed by atoms with Crippen LogP contribution in [-0.4, -0.2) is 29.5 Å². The molecule has 1 fully saturated rings. The van der Waals surface area contributed by atoms with E-state index in [1.54, 1.807) is 0 Å². The number of aromatic nitrogens is 1. The van der Waals surface area contributed by atoms with Crippen LogP contribution in [0.15, 0.2) is 48.5 Å². The molecule has 1 heterocycles. The van der Waals surface area contributed by atoms with Gasteiger partial charge in [0.15, 0.2) is 6.61 Å². The zero-order valence-corrected chi connectivity index (χ0v) is 17.6. The Morgan fingerprint density at radius 1 is 1.10 bits per heavy atom. The van der Waals surface area contributed by atoms with Crippen LogP contribution in [0.4, 0.5) is 0 Å². The van der Waals surface area contributed by atoms with E-state index in [2.05, 4.69) is 5.32 Å². The van der Waals surface area contributed by atoms with Crippen LogP contribution in [0.1, 0.15) is 46.4 Å². The van der Waals surface area contributed by atoms with Crippen molar-refractivity contribution in [2.75, 3.05) is 6.61 Å². The van der Waals surface area contributed by atoms with Crippen molar-refractivity contribution in [3.05, 3.63) is 75.9 Å². The number of amides is 1.